The lowest BCUT2D eigenvalue weighted by Crippen LogP contribution is -2.17. The number of hydrogen-bond donors (Lipinski definition) is 1. The van der Waals surface area contributed by atoms with Crippen LogP contribution in [-0.2, 0) is 6.54 Å². The Bertz CT molecular complexity index is 408. The summed E-state index contributed by atoms with van der Waals surface area (Å²) in [6.45, 7) is 5.03. The van der Waals surface area contributed by atoms with Crippen molar-refractivity contribution in [3.8, 4) is 0 Å². The van der Waals surface area contributed by atoms with E-state index in [9.17, 15) is 0 Å². The highest BCUT2D eigenvalue weighted by atomic mass is 32.1. The van der Waals surface area contributed by atoms with E-state index in [4.69, 9.17) is 0 Å². The Kier molecular flexibility index (Phi) is 3.45. The van der Waals surface area contributed by atoms with Crippen molar-refractivity contribution < 1.29 is 0 Å². The first-order valence-electron chi connectivity index (χ1n) is 4.78. The molecule has 1 unspecified atom stereocenters. The molecule has 2 rings (SSSR count). The summed E-state index contributed by atoms with van der Waals surface area (Å²) in [4.78, 5) is 9.75. The van der Waals surface area contributed by atoms with Crippen LogP contribution in [0.1, 0.15) is 28.5 Å². The van der Waals surface area contributed by atoms with Crippen LogP contribution in [0.5, 0.6) is 0 Å². The number of nitrogens with one attached hydrogen (secondary N) is 1. The Morgan fingerprint density at radius 3 is 2.93 bits per heavy atom. The maximum absolute atomic E-state index is 4.45. The monoisotopic (exact) mass is 239 g/mol. The molecule has 1 N–H and O–H groups in total. The lowest BCUT2D eigenvalue weighted by Gasteiger charge is -2.09. The van der Waals surface area contributed by atoms with Crippen LogP contribution < -0.4 is 5.32 Å². The molecule has 0 aromatic carbocycles. The highest BCUT2D eigenvalue weighted by molar-refractivity contribution is 7.09. The summed E-state index contributed by atoms with van der Waals surface area (Å²) in [5.41, 5.74) is 2.98. The Balaban J connectivity index is 1.90. The van der Waals surface area contributed by atoms with Crippen LogP contribution in [0.4, 0.5) is 0 Å². The molecule has 2 heterocycles. The molecule has 5 heteroatoms. The Morgan fingerprint density at radius 2 is 2.33 bits per heavy atom. The lowest BCUT2D eigenvalue weighted by molar-refractivity contribution is 0.567. The van der Waals surface area contributed by atoms with E-state index in [1.54, 1.807) is 22.7 Å². The van der Waals surface area contributed by atoms with Gasteiger partial charge >= 0.3 is 0 Å². The average molecular weight is 239 g/mol. The second kappa shape index (κ2) is 4.83. The highest BCUT2D eigenvalue weighted by Gasteiger charge is 2.08. The van der Waals surface area contributed by atoms with E-state index >= 15 is 0 Å². The first-order valence-corrected chi connectivity index (χ1v) is 6.54. The molecular formula is C10H13N3S2. The number of thiazole rings is 2. The lowest BCUT2D eigenvalue weighted by atomic mass is 10.2. The molecule has 0 fully saturated rings. The van der Waals surface area contributed by atoms with Gasteiger partial charge in [-0.2, -0.15) is 0 Å². The van der Waals surface area contributed by atoms with Gasteiger partial charge in [0.2, 0.25) is 0 Å². The third kappa shape index (κ3) is 2.84. The number of rotatable bonds is 4. The molecule has 0 aliphatic carbocycles. The van der Waals surface area contributed by atoms with Crippen LogP contribution in [0, 0.1) is 6.92 Å². The van der Waals surface area contributed by atoms with Crippen molar-refractivity contribution in [3.05, 3.63) is 32.7 Å². The van der Waals surface area contributed by atoms with Crippen LogP contribution >= 0.6 is 22.7 Å². The van der Waals surface area contributed by atoms with Crippen molar-refractivity contribution in [2.24, 2.45) is 0 Å². The van der Waals surface area contributed by atoms with E-state index in [1.807, 2.05) is 18.6 Å². The molecule has 2 aromatic heterocycles. The number of hydrogen-bond acceptors (Lipinski definition) is 5. The van der Waals surface area contributed by atoms with E-state index in [0.717, 1.165) is 17.2 Å². The van der Waals surface area contributed by atoms with E-state index in [-0.39, 0.29) is 0 Å². The predicted octanol–water partition coefficient (Wildman–Crippen LogP) is 2.76. The SMILES string of the molecule is Cc1nc(C(C)NCc2cncs2)cs1. The van der Waals surface area contributed by atoms with Crippen molar-refractivity contribution in [1.82, 2.24) is 15.3 Å². The van der Waals surface area contributed by atoms with Crippen molar-refractivity contribution >= 4 is 22.7 Å². The molecule has 0 saturated heterocycles. The van der Waals surface area contributed by atoms with Gasteiger partial charge in [0.25, 0.3) is 0 Å². The summed E-state index contributed by atoms with van der Waals surface area (Å²) in [5.74, 6) is 0. The fourth-order valence-corrected chi connectivity index (χ4v) is 2.52. The number of aromatic nitrogens is 2. The van der Waals surface area contributed by atoms with E-state index in [2.05, 4.69) is 27.6 Å². The first-order chi connectivity index (χ1) is 7.25. The fraction of sp³-hybridized carbons (Fsp3) is 0.400. The summed E-state index contributed by atoms with van der Waals surface area (Å²) in [7, 11) is 0. The molecule has 0 spiro atoms. The van der Waals surface area contributed by atoms with Gasteiger partial charge in [0, 0.05) is 29.0 Å². The number of aryl methyl sites for hydroxylation is 1. The van der Waals surface area contributed by atoms with Crippen molar-refractivity contribution in [2.75, 3.05) is 0 Å². The van der Waals surface area contributed by atoms with Crippen LogP contribution in [0.2, 0.25) is 0 Å². The van der Waals surface area contributed by atoms with Crippen LogP contribution in [0.25, 0.3) is 0 Å². The van der Waals surface area contributed by atoms with Crippen molar-refractivity contribution in [2.45, 2.75) is 26.4 Å². The molecule has 80 valence electrons. The molecule has 0 amide bonds. The van der Waals surface area contributed by atoms with Crippen LogP contribution in [0.15, 0.2) is 17.1 Å². The van der Waals surface area contributed by atoms with Gasteiger partial charge in [-0.25, -0.2) is 4.98 Å². The second-order valence-electron chi connectivity index (χ2n) is 3.36. The molecule has 0 aliphatic rings. The van der Waals surface area contributed by atoms with E-state index < -0.39 is 0 Å². The number of nitrogens with zero attached hydrogens (tertiary/aromatic N) is 2. The van der Waals surface area contributed by atoms with Crippen molar-refractivity contribution in [3.63, 3.8) is 0 Å². The summed E-state index contributed by atoms with van der Waals surface area (Å²) >= 11 is 3.37. The molecular weight excluding hydrogens is 226 g/mol. The third-order valence-electron chi connectivity index (χ3n) is 2.15. The van der Waals surface area contributed by atoms with Gasteiger partial charge < -0.3 is 5.32 Å². The van der Waals surface area contributed by atoms with Gasteiger partial charge in [0.15, 0.2) is 0 Å². The van der Waals surface area contributed by atoms with Gasteiger partial charge in [0.05, 0.1) is 16.2 Å². The zero-order chi connectivity index (χ0) is 10.7. The smallest absolute Gasteiger partial charge is 0.0898 e. The van der Waals surface area contributed by atoms with Gasteiger partial charge in [-0.3, -0.25) is 4.98 Å². The minimum atomic E-state index is 0.303. The zero-order valence-electron chi connectivity index (χ0n) is 8.73. The van der Waals surface area contributed by atoms with E-state index in [1.165, 1.54) is 4.88 Å². The minimum Gasteiger partial charge on any atom is -0.304 e. The quantitative estimate of drug-likeness (QED) is 0.891. The van der Waals surface area contributed by atoms with Gasteiger partial charge in [0.1, 0.15) is 0 Å². The normalized spacial score (nSPS) is 12.9. The van der Waals surface area contributed by atoms with Gasteiger partial charge in [-0.05, 0) is 13.8 Å². The van der Waals surface area contributed by atoms with Crippen LogP contribution in [-0.4, -0.2) is 9.97 Å². The van der Waals surface area contributed by atoms with Gasteiger partial charge in [-0.1, -0.05) is 0 Å². The summed E-state index contributed by atoms with van der Waals surface area (Å²) < 4.78 is 0. The third-order valence-corrected chi connectivity index (χ3v) is 3.72. The largest absolute Gasteiger partial charge is 0.304 e. The highest BCUT2D eigenvalue weighted by Crippen LogP contribution is 2.16. The molecule has 0 radical (unpaired) electrons. The summed E-state index contributed by atoms with van der Waals surface area (Å²) in [6, 6.07) is 0.303. The molecule has 0 aliphatic heterocycles. The maximum Gasteiger partial charge on any atom is 0.0898 e. The summed E-state index contributed by atoms with van der Waals surface area (Å²) in [6.07, 6.45) is 1.90. The second-order valence-corrected chi connectivity index (χ2v) is 5.39. The molecule has 3 nitrogen and oxygen atoms in total. The molecule has 0 saturated carbocycles. The first kappa shape index (κ1) is 10.7. The summed E-state index contributed by atoms with van der Waals surface area (Å²) in [5, 5.41) is 6.66. The Morgan fingerprint density at radius 1 is 1.47 bits per heavy atom. The molecule has 1 atom stereocenters. The Hall–Kier alpha value is -0.780. The van der Waals surface area contributed by atoms with Crippen molar-refractivity contribution in [1.29, 1.82) is 0 Å². The maximum atomic E-state index is 4.45. The zero-order valence-corrected chi connectivity index (χ0v) is 10.4. The predicted molar refractivity (Wildman–Crippen MR) is 64.2 cm³/mol. The standard InChI is InChI=1S/C10H13N3S2/c1-7(10-5-14-8(2)13-10)12-4-9-3-11-6-15-9/h3,5-7,12H,4H2,1-2H3. The van der Waals surface area contributed by atoms with Gasteiger partial charge in [-0.15, -0.1) is 22.7 Å². The molecule has 15 heavy (non-hydrogen) atoms. The molecule has 2 aromatic rings. The topological polar surface area (TPSA) is 37.8 Å². The minimum absolute atomic E-state index is 0.303. The molecule has 0 bridgehead atoms. The van der Waals surface area contributed by atoms with Crippen LogP contribution in [0.3, 0.4) is 0 Å². The average Bonchev–Trinajstić information content (AvgIpc) is 2.84. The fourth-order valence-electron chi connectivity index (χ4n) is 1.27. The van der Waals surface area contributed by atoms with E-state index in [0.29, 0.717) is 6.04 Å². The Labute approximate surface area is 97.2 Å².